The summed E-state index contributed by atoms with van der Waals surface area (Å²) < 4.78 is 24.6. The highest BCUT2D eigenvalue weighted by Gasteiger charge is 2.13. The van der Waals surface area contributed by atoms with Gasteiger partial charge in [-0.05, 0) is 24.3 Å². The van der Waals surface area contributed by atoms with Gasteiger partial charge in [0, 0.05) is 17.6 Å². The first-order chi connectivity index (χ1) is 12.2. The number of carbonyl (C=O) groups excluding carboxylic acids is 1. The summed E-state index contributed by atoms with van der Waals surface area (Å²) in [7, 11) is 1.52. The van der Waals surface area contributed by atoms with Gasteiger partial charge in [-0.3, -0.25) is 5.32 Å². The van der Waals surface area contributed by atoms with Gasteiger partial charge in [-0.25, -0.2) is 14.2 Å². The van der Waals surface area contributed by atoms with Crippen molar-refractivity contribution in [1.29, 1.82) is 0 Å². The third-order valence-electron chi connectivity index (χ3n) is 3.13. The number of rotatable bonds is 5. The number of amides is 2. The summed E-state index contributed by atoms with van der Waals surface area (Å²) in [5, 5.41) is 7.28. The summed E-state index contributed by atoms with van der Waals surface area (Å²) in [6.07, 6.45) is 1.57. The van der Waals surface area contributed by atoms with Crippen molar-refractivity contribution in [3.63, 3.8) is 0 Å². The number of anilines is 2. The molecule has 2 amide bonds. The number of halogens is 1. The van der Waals surface area contributed by atoms with E-state index in [0.29, 0.717) is 16.6 Å². The molecule has 0 aliphatic carbocycles. The Kier molecular flexibility index (Phi) is 5.10. The normalized spacial score (nSPS) is 10.2. The molecule has 25 heavy (non-hydrogen) atoms. The number of carbonyl (C=O) groups is 1. The van der Waals surface area contributed by atoms with Gasteiger partial charge in [0.1, 0.15) is 5.82 Å². The fourth-order valence-electron chi connectivity index (χ4n) is 2.05. The molecule has 6 nitrogen and oxygen atoms in total. The zero-order valence-electron chi connectivity index (χ0n) is 13.2. The van der Waals surface area contributed by atoms with Gasteiger partial charge in [-0.2, -0.15) is 0 Å². The van der Waals surface area contributed by atoms with Crippen LogP contribution in [-0.2, 0) is 0 Å². The molecule has 2 aromatic carbocycles. The van der Waals surface area contributed by atoms with Crippen LogP contribution < -0.4 is 20.1 Å². The predicted molar refractivity (Wildman–Crippen MR) is 94.2 cm³/mol. The minimum atomic E-state index is -0.551. The van der Waals surface area contributed by atoms with Crippen molar-refractivity contribution in [3.05, 3.63) is 59.9 Å². The minimum Gasteiger partial charge on any atom is -0.493 e. The number of benzene rings is 2. The first-order valence-electron chi connectivity index (χ1n) is 7.23. The molecule has 0 spiro atoms. The molecule has 0 aliphatic heterocycles. The van der Waals surface area contributed by atoms with Gasteiger partial charge in [-0.1, -0.05) is 12.1 Å². The summed E-state index contributed by atoms with van der Waals surface area (Å²) in [6, 6.07) is 10.3. The summed E-state index contributed by atoms with van der Waals surface area (Å²) >= 11 is 1.27. The molecule has 3 aromatic rings. The van der Waals surface area contributed by atoms with Gasteiger partial charge < -0.3 is 14.8 Å². The second-order valence-corrected chi connectivity index (χ2v) is 5.70. The Morgan fingerprint density at radius 1 is 1.12 bits per heavy atom. The van der Waals surface area contributed by atoms with Gasteiger partial charge >= 0.3 is 6.03 Å². The van der Waals surface area contributed by atoms with Gasteiger partial charge in [0.05, 0.1) is 12.8 Å². The molecule has 0 radical (unpaired) electrons. The van der Waals surface area contributed by atoms with E-state index in [1.54, 1.807) is 35.8 Å². The number of para-hydroxylation sites is 2. The van der Waals surface area contributed by atoms with Crippen LogP contribution in [0.1, 0.15) is 0 Å². The van der Waals surface area contributed by atoms with Gasteiger partial charge in [0.2, 0.25) is 0 Å². The quantitative estimate of drug-likeness (QED) is 0.691. The summed E-state index contributed by atoms with van der Waals surface area (Å²) in [5.74, 6) is 0.738. The van der Waals surface area contributed by atoms with E-state index in [9.17, 15) is 9.18 Å². The standard InChI is InChI=1S/C17H14FN3O3S/c1-23-14-4-2-3-5-15(14)24-13-7-6-11(18)10-12(13)20-16(22)21-17-19-8-9-25-17/h2-10H,1H3,(H2,19,20,21,22). The molecule has 0 unspecified atom stereocenters. The number of nitrogens with zero attached hydrogens (tertiary/aromatic N) is 1. The Morgan fingerprint density at radius 2 is 1.92 bits per heavy atom. The number of nitrogens with one attached hydrogen (secondary N) is 2. The molecule has 0 fully saturated rings. The molecule has 0 bridgehead atoms. The van der Waals surface area contributed by atoms with Crippen LogP contribution in [0.4, 0.5) is 20.0 Å². The highest BCUT2D eigenvalue weighted by molar-refractivity contribution is 7.13. The lowest BCUT2D eigenvalue weighted by Gasteiger charge is -2.14. The van der Waals surface area contributed by atoms with E-state index in [-0.39, 0.29) is 11.4 Å². The maximum Gasteiger partial charge on any atom is 0.325 e. The third-order valence-corrected chi connectivity index (χ3v) is 3.82. The predicted octanol–water partition coefficient (Wildman–Crippen LogP) is 4.73. The molecular formula is C17H14FN3O3S. The summed E-state index contributed by atoms with van der Waals surface area (Å²) in [6.45, 7) is 0. The van der Waals surface area contributed by atoms with Crippen LogP contribution in [-0.4, -0.2) is 18.1 Å². The van der Waals surface area contributed by atoms with Crippen LogP contribution in [0.25, 0.3) is 0 Å². The average Bonchev–Trinajstić information content (AvgIpc) is 3.10. The van der Waals surface area contributed by atoms with Crippen molar-refractivity contribution in [1.82, 2.24) is 4.98 Å². The van der Waals surface area contributed by atoms with E-state index in [1.165, 1.54) is 36.6 Å². The smallest absolute Gasteiger partial charge is 0.325 e. The largest absolute Gasteiger partial charge is 0.493 e. The second kappa shape index (κ2) is 7.63. The van der Waals surface area contributed by atoms with Crippen LogP contribution in [0.15, 0.2) is 54.0 Å². The Hall–Kier alpha value is -3.13. The van der Waals surface area contributed by atoms with Crippen LogP contribution in [0.3, 0.4) is 0 Å². The lowest BCUT2D eigenvalue weighted by molar-refractivity contribution is 0.262. The van der Waals surface area contributed by atoms with Crippen molar-refractivity contribution >= 4 is 28.2 Å². The number of methoxy groups -OCH3 is 1. The number of urea groups is 1. The van der Waals surface area contributed by atoms with E-state index >= 15 is 0 Å². The molecular weight excluding hydrogens is 345 g/mol. The van der Waals surface area contributed by atoms with E-state index in [4.69, 9.17) is 9.47 Å². The zero-order valence-corrected chi connectivity index (χ0v) is 14.0. The SMILES string of the molecule is COc1ccccc1Oc1ccc(F)cc1NC(=O)Nc1nccs1. The van der Waals surface area contributed by atoms with Crippen molar-refractivity contribution in [2.75, 3.05) is 17.7 Å². The molecule has 128 valence electrons. The van der Waals surface area contributed by atoms with Crippen molar-refractivity contribution in [2.24, 2.45) is 0 Å². The Bertz CT molecular complexity index is 871. The van der Waals surface area contributed by atoms with Crippen molar-refractivity contribution in [3.8, 4) is 17.2 Å². The number of thiazole rings is 1. The van der Waals surface area contributed by atoms with Crippen LogP contribution in [0.5, 0.6) is 17.2 Å². The molecule has 1 heterocycles. The van der Waals surface area contributed by atoms with E-state index in [2.05, 4.69) is 15.6 Å². The van der Waals surface area contributed by atoms with Crippen LogP contribution in [0.2, 0.25) is 0 Å². The van der Waals surface area contributed by atoms with Crippen molar-refractivity contribution < 1.29 is 18.7 Å². The van der Waals surface area contributed by atoms with Gasteiger partial charge in [-0.15, -0.1) is 11.3 Å². The van der Waals surface area contributed by atoms with E-state index in [1.807, 2.05) is 0 Å². The Labute approximate surface area is 147 Å². The summed E-state index contributed by atoms with van der Waals surface area (Å²) in [5.41, 5.74) is 0.181. The highest BCUT2D eigenvalue weighted by atomic mass is 32.1. The second-order valence-electron chi connectivity index (χ2n) is 4.81. The maximum atomic E-state index is 13.6. The van der Waals surface area contributed by atoms with E-state index < -0.39 is 11.8 Å². The minimum absolute atomic E-state index is 0.181. The molecule has 0 saturated heterocycles. The molecule has 3 rings (SSSR count). The van der Waals surface area contributed by atoms with Gasteiger partial charge in [0.25, 0.3) is 0 Å². The Morgan fingerprint density at radius 3 is 2.64 bits per heavy atom. The average molecular weight is 359 g/mol. The summed E-state index contributed by atoms with van der Waals surface area (Å²) in [4.78, 5) is 16.0. The molecule has 1 aromatic heterocycles. The number of ether oxygens (including phenoxy) is 2. The Balaban J connectivity index is 1.81. The van der Waals surface area contributed by atoms with Gasteiger partial charge in [0.15, 0.2) is 22.4 Å². The monoisotopic (exact) mass is 359 g/mol. The third kappa shape index (κ3) is 4.24. The van der Waals surface area contributed by atoms with Crippen LogP contribution >= 0.6 is 11.3 Å². The number of aromatic nitrogens is 1. The highest BCUT2D eigenvalue weighted by Crippen LogP contribution is 2.35. The first kappa shape index (κ1) is 16.7. The number of hydrogen-bond acceptors (Lipinski definition) is 5. The maximum absolute atomic E-state index is 13.6. The number of hydrogen-bond donors (Lipinski definition) is 2. The fourth-order valence-corrected chi connectivity index (χ4v) is 2.57. The molecule has 8 heteroatoms. The lowest BCUT2D eigenvalue weighted by Crippen LogP contribution is -2.19. The molecule has 0 atom stereocenters. The first-order valence-corrected chi connectivity index (χ1v) is 8.11. The van der Waals surface area contributed by atoms with Crippen LogP contribution in [0, 0.1) is 5.82 Å². The fraction of sp³-hybridized carbons (Fsp3) is 0.0588. The molecule has 0 saturated carbocycles. The molecule has 0 aliphatic rings. The topological polar surface area (TPSA) is 72.5 Å². The lowest BCUT2D eigenvalue weighted by atomic mass is 10.2. The zero-order chi connectivity index (χ0) is 17.6. The molecule has 2 N–H and O–H groups in total. The van der Waals surface area contributed by atoms with E-state index in [0.717, 1.165) is 0 Å². The van der Waals surface area contributed by atoms with Crippen molar-refractivity contribution in [2.45, 2.75) is 0 Å².